The van der Waals surface area contributed by atoms with Crippen molar-refractivity contribution in [2.75, 3.05) is 5.73 Å². The molecule has 0 amide bonds. The maximum Gasteiger partial charge on any atom is 0.244 e. The Hall–Kier alpha value is -0.820. The van der Waals surface area contributed by atoms with Crippen molar-refractivity contribution in [3.63, 3.8) is 0 Å². The summed E-state index contributed by atoms with van der Waals surface area (Å²) >= 11 is 5.91. The van der Waals surface area contributed by atoms with Crippen LogP contribution in [-0.2, 0) is 10.0 Å². The van der Waals surface area contributed by atoms with E-state index in [1.807, 2.05) is 0 Å². The van der Waals surface area contributed by atoms with E-state index in [9.17, 15) is 13.5 Å². The molecule has 1 aromatic rings. The number of halogens is 1. The van der Waals surface area contributed by atoms with Gasteiger partial charge < -0.3 is 10.8 Å². The number of aliphatic hydroxyl groups is 1. The molecule has 1 fully saturated rings. The molecule has 1 saturated carbocycles. The zero-order valence-corrected chi connectivity index (χ0v) is 11.9. The Kier molecular flexibility index (Phi) is 4.35. The minimum atomic E-state index is -3.82. The topological polar surface area (TPSA) is 92.4 Å². The van der Waals surface area contributed by atoms with Crippen LogP contribution < -0.4 is 10.5 Å². The minimum absolute atomic E-state index is 0.0813. The Morgan fingerprint density at radius 2 is 2.00 bits per heavy atom. The van der Waals surface area contributed by atoms with Gasteiger partial charge in [0, 0.05) is 6.04 Å². The molecule has 2 rings (SSSR count). The first-order chi connectivity index (χ1) is 8.92. The number of benzene rings is 1. The van der Waals surface area contributed by atoms with Gasteiger partial charge in [0.15, 0.2) is 0 Å². The van der Waals surface area contributed by atoms with Crippen molar-refractivity contribution in [2.45, 2.75) is 42.7 Å². The van der Waals surface area contributed by atoms with Crippen molar-refractivity contribution in [3.8, 4) is 0 Å². The summed E-state index contributed by atoms with van der Waals surface area (Å²) in [6.45, 7) is 0. The van der Waals surface area contributed by atoms with Crippen molar-refractivity contribution in [1.29, 1.82) is 0 Å². The van der Waals surface area contributed by atoms with Crippen LogP contribution in [0, 0.1) is 0 Å². The maximum atomic E-state index is 12.3. The van der Waals surface area contributed by atoms with Gasteiger partial charge >= 0.3 is 0 Å². The molecule has 0 bridgehead atoms. The Morgan fingerprint density at radius 3 is 2.63 bits per heavy atom. The predicted molar refractivity (Wildman–Crippen MR) is 74.4 cm³/mol. The molecule has 7 heteroatoms. The monoisotopic (exact) mass is 304 g/mol. The molecule has 5 nitrogen and oxygen atoms in total. The van der Waals surface area contributed by atoms with Gasteiger partial charge in [-0.2, -0.15) is 0 Å². The van der Waals surface area contributed by atoms with Gasteiger partial charge in [0.1, 0.15) is 4.90 Å². The van der Waals surface area contributed by atoms with Gasteiger partial charge in [-0.3, -0.25) is 0 Å². The van der Waals surface area contributed by atoms with Crippen LogP contribution in [0.4, 0.5) is 5.69 Å². The molecule has 0 radical (unpaired) electrons. The van der Waals surface area contributed by atoms with Crippen LogP contribution in [0.2, 0.25) is 5.02 Å². The number of rotatable bonds is 3. The second-order valence-electron chi connectivity index (χ2n) is 4.74. The largest absolute Gasteiger partial charge is 0.398 e. The van der Waals surface area contributed by atoms with Crippen molar-refractivity contribution in [1.82, 2.24) is 4.72 Å². The van der Waals surface area contributed by atoms with E-state index >= 15 is 0 Å². The average molecular weight is 305 g/mol. The Bertz CT molecular complexity index is 542. The Balaban J connectivity index is 2.27. The second kappa shape index (κ2) is 5.66. The van der Waals surface area contributed by atoms with E-state index in [0.717, 1.165) is 12.8 Å². The molecular weight excluding hydrogens is 288 g/mol. The van der Waals surface area contributed by atoms with Crippen LogP contribution in [0.5, 0.6) is 0 Å². The molecule has 1 aromatic carbocycles. The smallest absolute Gasteiger partial charge is 0.244 e. The average Bonchev–Trinajstić information content (AvgIpc) is 2.31. The number of hydrogen-bond acceptors (Lipinski definition) is 4. The summed E-state index contributed by atoms with van der Waals surface area (Å²) in [6.07, 6.45) is 2.36. The van der Waals surface area contributed by atoms with Crippen LogP contribution >= 0.6 is 11.6 Å². The van der Waals surface area contributed by atoms with E-state index in [2.05, 4.69) is 4.72 Å². The first kappa shape index (κ1) is 14.6. The molecule has 2 atom stereocenters. The standard InChI is InChI=1S/C12H17ClN2O3S/c13-8-4-3-5-9(14)12(8)19(17,18)15-10-6-1-2-7-11(10)16/h3-5,10-11,15-16H,1-2,6-7,14H2. The third kappa shape index (κ3) is 3.20. The fraction of sp³-hybridized carbons (Fsp3) is 0.500. The molecule has 1 aliphatic carbocycles. The number of sulfonamides is 1. The molecule has 0 aliphatic heterocycles. The second-order valence-corrected chi connectivity index (χ2v) is 6.80. The van der Waals surface area contributed by atoms with Crippen molar-refractivity contribution < 1.29 is 13.5 Å². The lowest BCUT2D eigenvalue weighted by atomic mass is 9.93. The highest BCUT2D eigenvalue weighted by atomic mass is 35.5. The van der Waals surface area contributed by atoms with E-state index in [1.54, 1.807) is 6.07 Å². The van der Waals surface area contributed by atoms with Crippen LogP contribution in [0.3, 0.4) is 0 Å². The third-order valence-corrected chi connectivity index (χ3v) is 5.34. The van der Waals surface area contributed by atoms with Crippen LogP contribution in [-0.4, -0.2) is 25.7 Å². The Labute approximate surface area is 117 Å². The van der Waals surface area contributed by atoms with Gasteiger partial charge in [0.25, 0.3) is 0 Å². The van der Waals surface area contributed by atoms with E-state index in [0.29, 0.717) is 12.8 Å². The van der Waals surface area contributed by atoms with Crippen molar-refractivity contribution >= 4 is 27.3 Å². The maximum absolute atomic E-state index is 12.3. The molecule has 19 heavy (non-hydrogen) atoms. The lowest BCUT2D eigenvalue weighted by molar-refractivity contribution is 0.101. The molecule has 0 heterocycles. The summed E-state index contributed by atoms with van der Waals surface area (Å²) < 4.78 is 27.1. The predicted octanol–water partition coefficient (Wildman–Crippen LogP) is 1.50. The first-order valence-corrected chi connectivity index (χ1v) is 8.02. The summed E-state index contributed by atoms with van der Waals surface area (Å²) in [5.41, 5.74) is 5.78. The molecular formula is C12H17ClN2O3S. The summed E-state index contributed by atoms with van der Waals surface area (Å²) in [6, 6.07) is 4.07. The molecule has 0 aromatic heterocycles. The number of aliphatic hydroxyl groups excluding tert-OH is 1. The zero-order valence-electron chi connectivity index (χ0n) is 10.3. The SMILES string of the molecule is Nc1cccc(Cl)c1S(=O)(=O)NC1CCCCC1O. The molecule has 106 valence electrons. The number of anilines is 1. The lowest BCUT2D eigenvalue weighted by Crippen LogP contribution is -2.45. The first-order valence-electron chi connectivity index (χ1n) is 6.16. The van der Waals surface area contributed by atoms with Crippen LogP contribution in [0.25, 0.3) is 0 Å². The quantitative estimate of drug-likeness (QED) is 0.738. The number of nitrogen functional groups attached to an aromatic ring is 1. The van der Waals surface area contributed by atoms with Crippen molar-refractivity contribution in [2.24, 2.45) is 0 Å². The summed E-state index contributed by atoms with van der Waals surface area (Å²) in [5, 5.41) is 9.91. The number of nitrogens with one attached hydrogen (secondary N) is 1. The van der Waals surface area contributed by atoms with Gasteiger partial charge in [0.05, 0.1) is 16.8 Å². The van der Waals surface area contributed by atoms with Gasteiger partial charge in [-0.05, 0) is 25.0 Å². The summed E-state index contributed by atoms with van der Waals surface area (Å²) in [4.78, 5) is -0.116. The molecule has 4 N–H and O–H groups in total. The van der Waals surface area contributed by atoms with Crippen molar-refractivity contribution in [3.05, 3.63) is 23.2 Å². The highest BCUT2D eigenvalue weighted by Gasteiger charge is 2.30. The van der Waals surface area contributed by atoms with Crippen LogP contribution in [0.1, 0.15) is 25.7 Å². The van der Waals surface area contributed by atoms with E-state index in [-0.39, 0.29) is 15.6 Å². The van der Waals surface area contributed by atoms with Gasteiger partial charge in [-0.1, -0.05) is 30.5 Å². The van der Waals surface area contributed by atoms with E-state index in [4.69, 9.17) is 17.3 Å². The summed E-state index contributed by atoms with van der Waals surface area (Å²) in [5.74, 6) is 0. The highest BCUT2D eigenvalue weighted by molar-refractivity contribution is 7.89. The third-order valence-electron chi connectivity index (χ3n) is 3.30. The van der Waals surface area contributed by atoms with E-state index in [1.165, 1.54) is 12.1 Å². The van der Waals surface area contributed by atoms with Gasteiger partial charge in [-0.25, -0.2) is 13.1 Å². The number of nitrogens with two attached hydrogens (primary N) is 1. The normalized spacial score (nSPS) is 24.3. The fourth-order valence-electron chi connectivity index (χ4n) is 2.32. The lowest BCUT2D eigenvalue weighted by Gasteiger charge is -2.28. The summed E-state index contributed by atoms with van der Waals surface area (Å²) in [7, 11) is -3.82. The highest BCUT2D eigenvalue weighted by Crippen LogP contribution is 2.28. The number of hydrogen-bond donors (Lipinski definition) is 3. The Morgan fingerprint density at radius 1 is 1.32 bits per heavy atom. The fourth-order valence-corrected chi connectivity index (χ4v) is 4.30. The van der Waals surface area contributed by atoms with Gasteiger partial charge in [0.2, 0.25) is 10.0 Å². The molecule has 2 unspecified atom stereocenters. The molecule has 0 spiro atoms. The van der Waals surface area contributed by atoms with Gasteiger partial charge in [-0.15, -0.1) is 0 Å². The molecule has 1 aliphatic rings. The van der Waals surface area contributed by atoms with E-state index < -0.39 is 22.2 Å². The van der Waals surface area contributed by atoms with Crippen LogP contribution in [0.15, 0.2) is 23.1 Å². The minimum Gasteiger partial charge on any atom is -0.398 e. The zero-order chi connectivity index (χ0) is 14.0. The molecule has 0 saturated heterocycles.